The third-order valence-electron chi connectivity index (χ3n) is 9.52. The van der Waals surface area contributed by atoms with E-state index in [0.29, 0.717) is 0 Å². The lowest BCUT2D eigenvalue weighted by Gasteiger charge is -2.39. The molecule has 3 nitrogen and oxygen atoms in total. The van der Waals surface area contributed by atoms with Gasteiger partial charge in [0, 0.05) is 29.8 Å². The summed E-state index contributed by atoms with van der Waals surface area (Å²) in [6, 6.07) is 49.2. The molecule has 6 aromatic rings. The topological polar surface area (TPSA) is 23.6 Å². The fourth-order valence-electron chi connectivity index (χ4n) is 7.69. The molecule has 8 rings (SSSR count). The number of para-hydroxylation sites is 1. The van der Waals surface area contributed by atoms with Gasteiger partial charge in [-0.05, 0) is 69.3 Å². The van der Waals surface area contributed by atoms with Gasteiger partial charge in [-0.1, -0.05) is 121 Å². The van der Waals surface area contributed by atoms with Crippen molar-refractivity contribution in [3.8, 4) is 0 Å². The third kappa shape index (κ3) is 3.84. The molecule has 0 aromatic heterocycles. The first-order valence-electron chi connectivity index (χ1n) is 14.9. The number of carbonyl (C=O) groups excluding carboxylic acids is 1. The van der Waals surface area contributed by atoms with Crippen molar-refractivity contribution in [3.63, 3.8) is 0 Å². The minimum Gasteiger partial charge on any atom is -0.346 e. The monoisotopic (exact) mass is 544 g/mol. The highest BCUT2D eigenvalue weighted by Crippen LogP contribution is 2.55. The van der Waals surface area contributed by atoms with Crippen LogP contribution in [0, 0.1) is 0 Å². The number of fused-ring (bicyclic) bond motifs is 5. The summed E-state index contributed by atoms with van der Waals surface area (Å²) in [6.45, 7) is 1.46. The summed E-state index contributed by atoms with van der Waals surface area (Å²) in [5.41, 5.74) is 5.74. The fraction of sp³-hybridized carbons (Fsp3) is 0.154. The van der Waals surface area contributed by atoms with Crippen LogP contribution in [0.15, 0.2) is 140 Å². The molecule has 0 radical (unpaired) electrons. The van der Waals surface area contributed by atoms with Crippen LogP contribution in [-0.4, -0.2) is 23.5 Å². The van der Waals surface area contributed by atoms with Gasteiger partial charge in [0.05, 0.1) is 0 Å². The van der Waals surface area contributed by atoms with Crippen LogP contribution in [0.4, 0.5) is 5.69 Å². The molecule has 2 aliphatic rings. The zero-order chi connectivity index (χ0) is 28.1. The number of rotatable bonds is 5. The molecule has 2 aliphatic heterocycles. The van der Waals surface area contributed by atoms with E-state index in [1.165, 1.54) is 43.9 Å². The van der Waals surface area contributed by atoms with E-state index >= 15 is 0 Å². The van der Waals surface area contributed by atoms with Crippen molar-refractivity contribution in [2.45, 2.75) is 31.0 Å². The normalized spacial score (nSPS) is 19.3. The van der Waals surface area contributed by atoms with E-state index < -0.39 is 0 Å². The second-order valence-electron chi connectivity index (χ2n) is 11.7. The third-order valence-corrected chi connectivity index (χ3v) is 9.52. The standard InChI is InChI=1S/C39H32N2O/c42-37(30-14-2-1-3-15-30)40-25-24-39(26-31-18-10-16-28-12-4-6-20-33(28)31)35-22-8-9-23-36(35)41(38(39)40)27-32-19-11-17-29-13-5-7-21-34(29)32/h1-23,38H,24-27H2. The van der Waals surface area contributed by atoms with Gasteiger partial charge >= 0.3 is 0 Å². The van der Waals surface area contributed by atoms with Crippen molar-refractivity contribution in [1.29, 1.82) is 0 Å². The Hall–Kier alpha value is -4.89. The van der Waals surface area contributed by atoms with Crippen LogP contribution < -0.4 is 4.90 Å². The Bertz CT molecular complexity index is 1940. The van der Waals surface area contributed by atoms with Crippen LogP contribution in [0.25, 0.3) is 21.5 Å². The second-order valence-corrected chi connectivity index (χ2v) is 11.7. The smallest absolute Gasteiger partial charge is 0.255 e. The van der Waals surface area contributed by atoms with E-state index in [1.807, 2.05) is 30.3 Å². The number of nitrogens with zero attached hydrogens (tertiary/aromatic N) is 2. The highest BCUT2D eigenvalue weighted by molar-refractivity contribution is 5.96. The number of likely N-dealkylation sites (tertiary alicyclic amines) is 1. The van der Waals surface area contributed by atoms with Gasteiger partial charge in [0.1, 0.15) is 6.17 Å². The maximum absolute atomic E-state index is 14.3. The van der Waals surface area contributed by atoms with E-state index in [-0.39, 0.29) is 17.5 Å². The highest BCUT2D eigenvalue weighted by Gasteiger charge is 2.58. The summed E-state index contributed by atoms with van der Waals surface area (Å²) >= 11 is 0. The molecule has 1 fully saturated rings. The lowest BCUT2D eigenvalue weighted by Crippen LogP contribution is -2.52. The molecule has 0 bridgehead atoms. The summed E-state index contributed by atoms with van der Waals surface area (Å²) in [7, 11) is 0. The van der Waals surface area contributed by atoms with E-state index in [1.54, 1.807) is 0 Å². The number of benzene rings is 6. The van der Waals surface area contributed by atoms with E-state index in [4.69, 9.17) is 0 Å². The van der Waals surface area contributed by atoms with Gasteiger partial charge in [0.2, 0.25) is 0 Å². The van der Waals surface area contributed by atoms with Crippen molar-refractivity contribution in [3.05, 3.63) is 162 Å². The van der Waals surface area contributed by atoms with Crippen LogP contribution in [0.2, 0.25) is 0 Å². The average Bonchev–Trinajstić information content (AvgIpc) is 3.55. The van der Waals surface area contributed by atoms with Crippen LogP contribution in [0.5, 0.6) is 0 Å². The Labute approximate surface area is 246 Å². The summed E-state index contributed by atoms with van der Waals surface area (Å²) in [4.78, 5) is 18.9. The fourth-order valence-corrected chi connectivity index (χ4v) is 7.69. The van der Waals surface area contributed by atoms with Crippen molar-refractivity contribution in [2.24, 2.45) is 0 Å². The number of hydrogen-bond donors (Lipinski definition) is 0. The SMILES string of the molecule is O=C(c1ccccc1)N1CCC2(Cc3cccc4ccccc34)c3ccccc3N(Cc3cccc4ccccc34)C12. The zero-order valence-corrected chi connectivity index (χ0v) is 23.5. The number of anilines is 1. The Morgan fingerprint density at radius 1 is 0.643 bits per heavy atom. The molecule has 2 heterocycles. The molecular weight excluding hydrogens is 512 g/mol. The van der Waals surface area contributed by atoms with Crippen LogP contribution in [-0.2, 0) is 18.4 Å². The Morgan fingerprint density at radius 3 is 2.00 bits per heavy atom. The first kappa shape index (κ1) is 24.9. The molecule has 0 spiro atoms. The van der Waals surface area contributed by atoms with Gasteiger partial charge in [-0.15, -0.1) is 0 Å². The van der Waals surface area contributed by atoms with E-state index in [9.17, 15) is 4.79 Å². The second kappa shape index (κ2) is 9.88. The molecule has 2 unspecified atom stereocenters. The van der Waals surface area contributed by atoms with Crippen molar-refractivity contribution in [2.75, 3.05) is 11.4 Å². The molecule has 0 N–H and O–H groups in total. The average molecular weight is 545 g/mol. The minimum absolute atomic E-state index is 0.0967. The Morgan fingerprint density at radius 2 is 1.24 bits per heavy atom. The predicted octanol–water partition coefficient (Wildman–Crippen LogP) is 8.37. The number of amides is 1. The number of hydrogen-bond acceptors (Lipinski definition) is 2. The molecule has 2 atom stereocenters. The predicted molar refractivity (Wildman–Crippen MR) is 172 cm³/mol. The number of carbonyl (C=O) groups is 1. The van der Waals surface area contributed by atoms with Crippen LogP contribution >= 0.6 is 0 Å². The molecular formula is C39H32N2O. The maximum atomic E-state index is 14.3. The molecule has 204 valence electrons. The molecule has 1 saturated heterocycles. The van der Waals surface area contributed by atoms with Gasteiger partial charge < -0.3 is 9.80 Å². The summed E-state index contributed by atoms with van der Waals surface area (Å²) < 4.78 is 0. The summed E-state index contributed by atoms with van der Waals surface area (Å²) in [5, 5.41) is 5.07. The largest absolute Gasteiger partial charge is 0.346 e. The van der Waals surface area contributed by atoms with E-state index in [2.05, 4.69) is 119 Å². The van der Waals surface area contributed by atoms with Crippen LogP contribution in [0.1, 0.15) is 33.5 Å². The molecule has 6 aromatic carbocycles. The molecule has 0 aliphatic carbocycles. The van der Waals surface area contributed by atoms with Gasteiger partial charge in [0.25, 0.3) is 5.91 Å². The molecule has 0 saturated carbocycles. The van der Waals surface area contributed by atoms with Gasteiger partial charge in [-0.3, -0.25) is 4.79 Å². The first-order valence-corrected chi connectivity index (χ1v) is 14.9. The molecule has 3 heteroatoms. The van der Waals surface area contributed by atoms with Gasteiger partial charge in [-0.25, -0.2) is 0 Å². The molecule has 42 heavy (non-hydrogen) atoms. The maximum Gasteiger partial charge on any atom is 0.255 e. The highest BCUT2D eigenvalue weighted by atomic mass is 16.2. The lowest BCUT2D eigenvalue weighted by molar-refractivity contribution is 0.0709. The quantitative estimate of drug-likeness (QED) is 0.218. The van der Waals surface area contributed by atoms with Crippen molar-refractivity contribution in [1.82, 2.24) is 4.90 Å². The molecule has 1 amide bonds. The van der Waals surface area contributed by atoms with Crippen molar-refractivity contribution >= 4 is 33.1 Å². The van der Waals surface area contributed by atoms with Gasteiger partial charge in [0.15, 0.2) is 0 Å². The first-order chi connectivity index (χ1) is 20.7. The zero-order valence-electron chi connectivity index (χ0n) is 23.5. The van der Waals surface area contributed by atoms with E-state index in [0.717, 1.165) is 31.5 Å². The minimum atomic E-state index is -0.226. The Balaban J connectivity index is 1.30. The summed E-state index contributed by atoms with van der Waals surface area (Å²) in [6.07, 6.45) is 1.70. The lowest BCUT2D eigenvalue weighted by atomic mass is 9.73. The van der Waals surface area contributed by atoms with Crippen molar-refractivity contribution < 1.29 is 4.79 Å². The van der Waals surface area contributed by atoms with Gasteiger partial charge in [-0.2, -0.15) is 0 Å². The van der Waals surface area contributed by atoms with Crippen LogP contribution in [0.3, 0.4) is 0 Å². The Kier molecular flexibility index (Phi) is 5.85. The summed E-state index contributed by atoms with van der Waals surface area (Å²) in [5.74, 6) is 0.108.